The summed E-state index contributed by atoms with van der Waals surface area (Å²) < 4.78 is 0. The molecule has 0 aliphatic carbocycles. The van der Waals surface area contributed by atoms with E-state index in [9.17, 15) is 14.7 Å². The summed E-state index contributed by atoms with van der Waals surface area (Å²) in [5.41, 5.74) is 2.37. The van der Waals surface area contributed by atoms with Gasteiger partial charge in [-0.3, -0.25) is 4.79 Å². The van der Waals surface area contributed by atoms with Gasteiger partial charge in [-0.15, -0.1) is 11.3 Å². The number of hydrogen-bond acceptors (Lipinski definition) is 4. The Labute approximate surface area is 188 Å². The lowest BCUT2D eigenvalue weighted by Gasteiger charge is -2.07. The van der Waals surface area contributed by atoms with Crippen molar-refractivity contribution in [1.29, 1.82) is 0 Å². The fourth-order valence-corrected chi connectivity index (χ4v) is 4.75. The van der Waals surface area contributed by atoms with Crippen molar-refractivity contribution >= 4 is 51.3 Å². The first-order valence-electron chi connectivity index (χ1n) is 9.65. The van der Waals surface area contributed by atoms with Crippen molar-refractivity contribution in [2.75, 3.05) is 5.32 Å². The van der Waals surface area contributed by atoms with E-state index in [2.05, 4.69) is 34.6 Å². The van der Waals surface area contributed by atoms with Crippen LogP contribution < -0.4 is 5.32 Å². The minimum atomic E-state index is -1.14. The van der Waals surface area contributed by atoms with Crippen LogP contribution in [-0.4, -0.2) is 22.0 Å². The van der Waals surface area contributed by atoms with Crippen LogP contribution in [0.1, 0.15) is 31.5 Å². The molecule has 0 saturated heterocycles. The molecule has 156 valence electrons. The fraction of sp³-hybridized carbons (Fsp3) is 0.125. The Balaban J connectivity index is 1.48. The first-order chi connectivity index (χ1) is 14.9. The summed E-state index contributed by atoms with van der Waals surface area (Å²) in [6, 6.07) is 18.9. The number of hydrogen-bond donors (Lipinski definition) is 2. The van der Waals surface area contributed by atoms with E-state index in [1.54, 1.807) is 6.07 Å². The van der Waals surface area contributed by atoms with Crippen LogP contribution in [0.4, 0.5) is 5.69 Å². The van der Waals surface area contributed by atoms with Crippen molar-refractivity contribution < 1.29 is 14.7 Å². The number of fused-ring (bicyclic) bond motifs is 1. The van der Waals surface area contributed by atoms with Crippen LogP contribution in [0.3, 0.4) is 0 Å². The van der Waals surface area contributed by atoms with Gasteiger partial charge < -0.3 is 10.4 Å². The molecule has 0 radical (unpaired) electrons. The molecule has 1 heterocycles. The first kappa shape index (κ1) is 21.0. The quantitative estimate of drug-likeness (QED) is 0.393. The molecule has 31 heavy (non-hydrogen) atoms. The third-order valence-electron chi connectivity index (χ3n) is 4.96. The zero-order chi connectivity index (χ0) is 22.0. The van der Waals surface area contributed by atoms with Gasteiger partial charge in [-0.05, 0) is 41.5 Å². The van der Waals surface area contributed by atoms with Gasteiger partial charge in [-0.2, -0.15) is 0 Å². The zero-order valence-corrected chi connectivity index (χ0v) is 18.3. The van der Waals surface area contributed by atoms with Crippen LogP contribution in [0.5, 0.6) is 0 Å². The minimum absolute atomic E-state index is 0.0502. The van der Waals surface area contributed by atoms with E-state index in [1.165, 1.54) is 39.8 Å². The molecule has 0 atom stereocenters. The minimum Gasteiger partial charge on any atom is -0.478 e. The van der Waals surface area contributed by atoms with E-state index >= 15 is 0 Å². The second-order valence-corrected chi connectivity index (χ2v) is 8.73. The van der Waals surface area contributed by atoms with Gasteiger partial charge in [0.25, 0.3) is 0 Å². The maximum Gasteiger partial charge on any atom is 0.337 e. The number of carbonyl (C=O) groups is 2. The van der Waals surface area contributed by atoms with E-state index in [4.69, 9.17) is 11.6 Å². The van der Waals surface area contributed by atoms with Crippen LogP contribution in [0.25, 0.3) is 10.8 Å². The molecule has 4 rings (SSSR count). The Hall–Kier alpha value is -3.22. The van der Waals surface area contributed by atoms with Crippen LogP contribution >= 0.6 is 22.9 Å². The average Bonchev–Trinajstić information content (AvgIpc) is 3.08. The lowest BCUT2D eigenvalue weighted by molar-refractivity contribution is -0.115. The number of carboxylic acids is 1. The highest BCUT2D eigenvalue weighted by Gasteiger charge is 2.15. The van der Waals surface area contributed by atoms with Crippen molar-refractivity contribution in [1.82, 2.24) is 4.98 Å². The van der Waals surface area contributed by atoms with Crippen LogP contribution in [0.2, 0.25) is 5.02 Å². The molecule has 1 amide bonds. The molecule has 0 bridgehead atoms. The molecule has 2 N–H and O–H groups in total. The van der Waals surface area contributed by atoms with Crippen LogP contribution in [-0.2, 0) is 17.6 Å². The number of rotatable bonds is 6. The molecule has 0 unspecified atom stereocenters. The molecular formula is C24H19ClN2O3S. The van der Waals surface area contributed by atoms with Crippen molar-refractivity contribution in [2.45, 2.75) is 19.8 Å². The van der Waals surface area contributed by atoms with Crippen LogP contribution in [0.15, 0.2) is 60.7 Å². The fourth-order valence-electron chi connectivity index (χ4n) is 3.46. The van der Waals surface area contributed by atoms with E-state index in [0.29, 0.717) is 12.1 Å². The molecule has 0 aliphatic rings. The van der Waals surface area contributed by atoms with Gasteiger partial charge in [0, 0.05) is 17.0 Å². The number of nitrogens with one attached hydrogen (secondary N) is 1. The number of thiazole rings is 1. The Morgan fingerprint density at radius 2 is 1.87 bits per heavy atom. The van der Waals surface area contributed by atoms with Crippen molar-refractivity contribution in [3.8, 4) is 0 Å². The van der Waals surface area contributed by atoms with E-state index in [0.717, 1.165) is 15.6 Å². The number of amides is 1. The number of carbonyl (C=O) groups excluding carboxylic acids is 1. The Morgan fingerprint density at radius 1 is 1.10 bits per heavy atom. The summed E-state index contributed by atoms with van der Waals surface area (Å²) in [6.45, 7) is 1.90. The number of aromatic nitrogens is 1. The highest BCUT2D eigenvalue weighted by molar-refractivity contribution is 7.11. The Morgan fingerprint density at radius 3 is 2.68 bits per heavy atom. The van der Waals surface area contributed by atoms with E-state index < -0.39 is 5.97 Å². The number of benzene rings is 3. The second kappa shape index (κ2) is 8.88. The maximum atomic E-state index is 12.5. The standard InChI is InChI=1S/C24H19ClN2O3S/c1-14-21(13-22(28)27-17-9-10-20(25)19(12-17)24(29)30)31-23(26-14)11-16-7-4-6-15-5-2-3-8-18(15)16/h2-10,12H,11,13H2,1H3,(H,27,28)(H,29,30). The molecule has 0 fully saturated rings. The molecule has 7 heteroatoms. The second-order valence-electron chi connectivity index (χ2n) is 7.16. The molecule has 3 aromatic carbocycles. The highest BCUT2D eigenvalue weighted by atomic mass is 35.5. The average molecular weight is 451 g/mol. The van der Waals surface area contributed by atoms with Gasteiger partial charge >= 0.3 is 5.97 Å². The number of aromatic carboxylic acids is 1. The molecular weight excluding hydrogens is 432 g/mol. The van der Waals surface area contributed by atoms with Gasteiger partial charge in [-0.1, -0.05) is 54.1 Å². The molecule has 5 nitrogen and oxygen atoms in total. The zero-order valence-electron chi connectivity index (χ0n) is 16.7. The number of carboxylic acid groups (broad SMARTS) is 1. The van der Waals surface area contributed by atoms with Gasteiger partial charge in [0.05, 0.1) is 27.7 Å². The van der Waals surface area contributed by atoms with E-state index in [-0.39, 0.29) is 22.9 Å². The lowest BCUT2D eigenvalue weighted by Crippen LogP contribution is -2.14. The SMILES string of the molecule is Cc1nc(Cc2cccc3ccccc23)sc1CC(=O)Nc1ccc(Cl)c(C(=O)O)c1. The van der Waals surface area contributed by atoms with Crippen molar-refractivity contribution in [3.63, 3.8) is 0 Å². The van der Waals surface area contributed by atoms with Crippen molar-refractivity contribution in [2.24, 2.45) is 0 Å². The van der Waals surface area contributed by atoms with Gasteiger partial charge in [0.15, 0.2) is 0 Å². The predicted octanol–water partition coefficient (Wildman–Crippen LogP) is 5.73. The summed E-state index contributed by atoms with van der Waals surface area (Å²) in [5, 5.41) is 15.4. The normalized spacial score (nSPS) is 10.9. The van der Waals surface area contributed by atoms with Gasteiger partial charge in [-0.25, -0.2) is 9.78 Å². The Kier molecular flexibility index (Phi) is 6.02. The highest BCUT2D eigenvalue weighted by Crippen LogP contribution is 2.26. The largest absolute Gasteiger partial charge is 0.478 e. The third-order valence-corrected chi connectivity index (χ3v) is 6.45. The number of aryl methyl sites for hydroxylation is 1. The Bertz CT molecular complexity index is 1290. The van der Waals surface area contributed by atoms with Gasteiger partial charge in [0.1, 0.15) is 0 Å². The monoisotopic (exact) mass is 450 g/mol. The molecule has 1 aromatic heterocycles. The molecule has 4 aromatic rings. The molecule has 0 saturated carbocycles. The van der Waals surface area contributed by atoms with Crippen molar-refractivity contribution in [3.05, 3.63) is 92.4 Å². The summed E-state index contributed by atoms with van der Waals surface area (Å²) >= 11 is 7.41. The lowest BCUT2D eigenvalue weighted by atomic mass is 10.0. The topological polar surface area (TPSA) is 79.3 Å². The summed E-state index contributed by atoms with van der Waals surface area (Å²) in [4.78, 5) is 29.3. The molecule has 0 aliphatic heterocycles. The third kappa shape index (κ3) is 4.76. The maximum absolute atomic E-state index is 12.5. The van der Waals surface area contributed by atoms with E-state index in [1.807, 2.05) is 25.1 Å². The number of halogens is 1. The summed E-state index contributed by atoms with van der Waals surface area (Å²) in [5.74, 6) is -1.38. The summed E-state index contributed by atoms with van der Waals surface area (Å²) in [7, 11) is 0. The number of nitrogens with zero attached hydrogens (tertiary/aromatic N) is 1. The number of anilines is 1. The first-order valence-corrected chi connectivity index (χ1v) is 10.8. The summed E-state index contributed by atoms with van der Waals surface area (Å²) in [6.07, 6.45) is 0.873. The van der Waals surface area contributed by atoms with Crippen LogP contribution in [0, 0.1) is 6.92 Å². The molecule has 0 spiro atoms. The van der Waals surface area contributed by atoms with Gasteiger partial charge in [0.2, 0.25) is 5.91 Å². The predicted molar refractivity (Wildman–Crippen MR) is 124 cm³/mol. The smallest absolute Gasteiger partial charge is 0.337 e.